The van der Waals surface area contributed by atoms with E-state index in [1.807, 2.05) is 0 Å². The minimum atomic E-state index is -0.512. The van der Waals surface area contributed by atoms with Gasteiger partial charge < -0.3 is 9.47 Å². The minimum Gasteiger partial charge on any atom is -0.493 e. The van der Waals surface area contributed by atoms with Crippen LogP contribution in [0.3, 0.4) is 0 Å². The van der Waals surface area contributed by atoms with Crippen LogP contribution in [-0.2, 0) is 4.79 Å². The van der Waals surface area contributed by atoms with Gasteiger partial charge in [-0.3, -0.25) is 14.9 Å². The third-order valence-corrected chi connectivity index (χ3v) is 2.26. The van der Waals surface area contributed by atoms with E-state index in [0.717, 1.165) is 0 Å². The Hall–Kier alpha value is -2.11. The molecule has 0 heterocycles. The van der Waals surface area contributed by atoms with Crippen molar-refractivity contribution in [2.24, 2.45) is 0 Å². The lowest BCUT2D eigenvalue weighted by atomic mass is 10.2. The van der Waals surface area contributed by atoms with Crippen molar-refractivity contribution in [1.82, 2.24) is 0 Å². The van der Waals surface area contributed by atoms with E-state index >= 15 is 0 Å². The lowest BCUT2D eigenvalue weighted by Gasteiger charge is -2.15. The Morgan fingerprint density at radius 3 is 2.61 bits per heavy atom. The van der Waals surface area contributed by atoms with Crippen molar-refractivity contribution in [3.05, 3.63) is 28.3 Å². The number of nitro groups is 1. The molecule has 1 rings (SSSR count). The van der Waals surface area contributed by atoms with Crippen LogP contribution in [-0.4, -0.2) is 23.9 Å². The van der Waals surface area contributed by atoms with Gasteiger partial charge >= 0.3 is 0 Å². The second kappa shape index (κ2) is 6.00. The van der Waals surface area contributed by atoms with E-state index in [1.165, 1.54) is 32.2 Å². The molecule has 1 unspecified atom stereocenters. The van der Waals surface area contributed by atoms with Gasteiger partial charge in [-0.15, -0.1) is 0 Å². The molecule has 1 aromatic rings. The highest BCUT2D eigenvalue weighted by Gasteiger charge is 2.15. The lowest BCUT2D eigenvalue weighted by molar-refractivity contribution is -0.385. The number of carbonyl (C=O) groups excluding carboxylic acids is 1. The predicted octanol–water partition coefficient (Wildman–Crippen LogP) is 2.35. The number of hydrogen-bond acceptors (Lipinski definition) is 5. The van der Waals surface area contributed by atoms with Gasteiger partial charge in [-0.1, -0.05) is 0 Å². The Morgan fingerprint density at radius 2 is 2.11 bits per heavy atom. The molecule has 0 fully saturated rings. The number of hydrogen-bond donors (Lipinski definition) is 0. The quantitative estimate of drug-likeness (QED) is 0.574. The Kier molecular flexibility index (Phi) is 4.65. The first kappa shape index (κ1) is 14.0. The monoisotopic (exact) mass is 253 g/mol. The van der Waals surface area contributed by atoms with E-state index in [-0.39, 0.29) is 29.7 Å². The maximum absolute atomic E-state index is 11.0. The zero-order chi connectivity index (χ0) is 13.7. The zero-order valence-electron chi connectivity index (χ0n) is 10.5. The van der Waals surface area contributed by atoms with Crippen molar-refractivity contribution >= 4 is 11.5 Å². The van der Waals surface area contributed by atoms with Crippen LogP contribution < -0.4 is 9.47 Å². The summed E-state index contributed by atoms with van der Waals surface area (Å²) in [4.78, 5) is 21.1. The molecule has 0 saturated heterocycles. The number of benzene rings is 1. The van der Waals surface area contributed by atoms with E-state index in [1.54, 1.807) is 6.92 Å². The van der Waals surface area contributed by atoms with E-state index in [2.05, 4.69) is 0 Å². The van der Waals surface area contributed by atoms with Gasteiger partial charge in [0.15, 0.2) is 11.5 Å². The van der Waals surface area contributed by atoms with Crippen LogP contribution in [0.1, 0.15) is 20.3 Å². The lowest BCUT2D eigenvalue weighted by Crippen LogP contribution is -2.15. The molecular weight excluding hydrogens is 238 g/mol. The molecule has 1 atom stereocenters. The third-order valence-electron chi connectivity index (χ3n) is 2.26. The first-order chi connectivity index (χ1) is 8.43. The second-order valence-corrected chi connectivity index (χ2v) is 3.93. The molecule has 0 aliphatic heterocycles. The normalized spacial score (nSPS) is 11.7. The van der Waals surface area contributed by atoms with E-state index in [4.69, 9.17) is 9.47 Å². The molecule has 0 saturated carbocycles. The Labute approximate surface area is 105 Å². The number of ketones is 1. The molecule has 0 aliphatic rings. The van der Waals surface area contributed by atoms with Gasteiger partial charge in [-0.2, -0.15) is 0 Å². The largest absolute Gasteiger partial charge is 0.493 e. The number of rotatable bonds is 6. The van der Waals surface area contributed by atoms with Gasteiger partial charge in [-0.25, -0.2) is 0 Å². The highest BCUT2D eigenvalue weighted by atomic mass is 16.6. The van der Waals surface area contributed by atoms with Crippen LogP contribution in [0.4, 0.5) is 5.69 Å². The molecule has 1 aromatic carbocycles. The summed E-state index contributed by atoms with van der Waals surface area (Å²) in [7, 11) is 1.45. The van der Waals surface area contributed by atoms with Crippen molar-refractivity contribution in [3.8, 4) is 11.5 Å². The smallest absolute Gasteiger partial charge is 0.273 e. The van der Waals surface area contributed by atoms with E-state index in [0.29, 0.717) is 5.75 Å². The summed E-state index contributed by atoms with van der Waals surface area (Å²) < 4.78 is 10.5. The highest BCUT2D eigenvalue weighted by Crippen LogP contribution is 2.32. The Morgan fingerprint density at radius 1 is 1.44 bits per heavy atom. The highest BCUT2D eigenvalue weighted by molar-refractivity contribution is 5.76. The minimum absolute atomic E-state index is 0.00750. The average molecular weight is 253 g/mol. The fraction of sp³-hybridized carbons (Fsp3) is 0.417. The first-order valence-electron chi connectivity index (χ1n) is 5.42. The maximum atomic E-state index is 11.0. The zero-order valence-corrected chi connectivity index (χ0v) is 10.5. The molecule has 0 amide bonds. The summed E-state index contributed by atoms with van der Waals surface area (Å²) in [5, 5.41) is 10.7. The average Bonchev–Trinajstić information content (AvgIpc) is 2.27. The Balaban J connectivity index is 2.94. The van der Waals surface area contributed by atoms with Gasteiger partial charge in [0.2, 0.25) is 0 Å². The van der Waals surface area contributed by atoms with Crippen LogP contribution in [0, 0.1) is 10.1 Å². The summed E-state index contributed by atoms with van der Waals surface area (Å²) in [6, 6.07) is 4.09. The topological polar surface area (TPSA) is 78.7 Å². The molecular formula is C12H15NO5. The first-order valence-corrected chi connectivity index (χ1v) is 5.42. The summed E-state index contributed by atoms with van der Waals surface area (Å²) in [5.74, 6) is 0.656. The van der Waals surface area contributed by atoms with Gasteiger partial charge in [0.1, 0.15) is 11.9 Å². The van der Waals surface area contributed by atoms with Crippen LogP contribution in [0.5, 0.6) is 11.5 Å². The van der Waals surface area contributed by atoms with E-state index < -0.39 is 4.92 Å². The second-order valence-electron chi connectivity index (χ2n) is 3.93. The predicted molar refractivity (Wildman–Crippen MR) is 65.0 cm³/mol. The fourth-order valence-corrected chi connectivity index (χ4v) is 1.53. The number of nitro benzene ring substituents is 1. The van der Waals surface area contributed by atoms with Crippen molar-refractivity contribution in [2.75, 3.05) is 7.11 Å². The number of Topliss-reactive ketones (excluding diaryl/α,β-unsaturated/α-hetero) is 1. The maximum Gasteiger partial charge on any atom is 0.273 e. The summed E-state index contributed by atoms with van der Waals surface area (Å²) in [6.07, 6.45) is -0.121. The van der Waals surface area contributed by atoms with Crippen molar-refractivity contribution in [2.45, 2.75) is 26.4 Å². The molecule has 0 N–H and O–H groups in total. The number of non-ortho nitro benzene ring substituents is 1. The number of methoxy groups -OCH3 is 1. The van der Waals surface area contributed by atoms with Gasteiger partial charge in [0.05, 0.1) is 18.1 Å². The van der Waals surface area contributed by atoms with Crippen molar-refractivity contribution < 1.29 is 19.2 Å². The summed E-state index contributed by atoms with van der Waals surface area (Å²) in [6.45, 7) is 3.18. The fourth-order valence-electron chi connectivity index (χ4n) is 1.53. The molecule has 0 bridgehead atoms. The van der Waals surface area contributed by atoms with Gasteiger partial charge in [0.25, 0.3) is 5.69 Å². The SMILES string of the molecule is COc1ccc([N+](=O)[O-])cc1OC(C)CC(C)=O. The van der Waals surface area contributed by atoms with Crippen LogP contribution >= 0.6 is 0 Å². The summed E-state index contributed by atoms with van der Waals surface area (Å²) in [5.41, 5.74) is -0.0826. The number of nitrogens with zero attached hydrogens (tertiary/aromatic N) is 1. The summed E-state index contributed by atoms with van der Waals surface area (Å²) >= 11 is 0. The number of ether oxygens (including phenoxy) is 2. The Bertz CT molecular complexity index is 458. The third kappa shape index (κ3) is 3.73. The van der Waals surface area contributed by atoms with Gasteiger partial charge in [-0.05, 0) is 19.9 Å². The molecule has 0 radical (unpaired) electrons. The molecule has 6 nitrogen and oxygen atoms in total. The molecule has 0 spiro atoms. The van der Waals surface area contributed by atoms with Crippen LogP contribution in [0.2, 0.25) is 0 Å². The van der Waals surface area contributed by atoms with Gasteiger partial charge in [0, 0.05) is 12.5 Å². The van der Waals surface area contributed by atoms with Crippen molar-refractivity contribution in [3.63, 3.8) is 0 Å². The van der Waals surface area contributed by atoms with E-state index in [9.17, 15) is 14.9 Å². The molecule has 0 aliphatic carbocycles. The van der Waals surface area contributed by atoms with Crippen molar-refractivity contribution in [1.29, 1.82) is 0 Å². The van der Waals surface area contributed by atoms with Crippen LogP contribution in [0.15, 0.2) is 18.2 Å². The standard InChI is InChI=1S/C12H15NO5/c1-8(14)6-9(2)18-12-7-10(13(15)16)4-5-11(12)17-3/h4-5,7,9H,6H2,1-3H3. The number of carbonyl (C=O) groups is 1. The molecule has 6 heteroatoms. The molecule has 98 valence electrons. The molecule has 18 heavy (non-hydrogen) atoms. The molecule has 0 aromatic heterocycles. The van der Waals surface area contributed by atoms with Crippen LogP contribution in [0.25, 0.3) is 0 Å².